The number of hydrogen-bond donors (Lipinski definition) is 3. The summed E-state index contributed by atoms with van der Waals surface area (Å²) in [6.45, 7) is 1.40. The fourth-order valence-corrected chi connectivity index (χ4v) is 4.09. The van der Waals surface area contributed by atoms with Gasteiger partial charge in [-0.2, -0.15) is 0 Å². The van der Waals surface area contributed by atoms with Gasteiger partial charge in [-0.3, -0.25) is 9.59 Å². The Morgan fingerprint density at radius 3 is 2.92 bits per heavy atom. The van der Waals surface area contributed by atoms with Gasteiger partial charge < -0.3 is 16.4 Å². The van der Waals surface area contributed by atoms with Crippen molar-refractivity contribution in [2.24, 2.45) is 5.73 Å². The second-order valence-corrected chi connectivity index (χ2v) is 7.00. The summed E-state index contributed by atoms with van der Waals surface area (Å²) in [6.07, 6.45) is 0.536. The van der Waals surface area contributed by atoms with Gasteiger partial charge in [-0.25, -0.2) is 4.39 Å². The van der Waals surface area contributed by atoms with Gasteiger partial charge >= 0.3 is 0 Å². The Morgan fingerprint density at radius 1 is 1.42 bits per heavy atom. The first kappa shape index (κ1) is 16.9. The minimum Gasteiger partial charge on any atom is -0.365 e. The minimum absolute atomic E-state index is 0.151. The van der Waals surface area contributed by atoms with Gasteiger partial charge in [0.15, 0.2) is 0 Å². The normalized spacial score (nSPS) is 13.4. The van der Waals surface area contributed by atoms with E-state index in [-0.39, 0.29) is 17.0 Å². The van der Waals surface area contributed by atoms with Crippen molar-refractivity contribution in [2.75, 3.05) is 11.9 Å². The summed E-state index contributed by atoms with van der Waals surface area (Å²) in [6, 6.07) is 4.15. The Morgan fingerprint density at radius 2 is 2.21 bits per heavy atom. The molecule has 5 nitrogen and oxygen atoms in total. The zero-order valence-electron chi connectivity index (χ0n) is 12.6. The fourth-order valence-electron chi connectivity index (χ4n) is 2.69. The number of thiophene rings is 1. The van der Waals surface area contributed by atoms with Crippen LogP contribution in [0.25, 0.3) is 0 Å². The van der Waals surface area contributed by atoms with Gasteiger partial charge in [-0.05, 0) is 36.2 Å². The number of carbonyl (C=O) groups is 2. The van der Waals surface area contributed by atoms with Crippen molar-refractivity contribution in [2.45, 2.75) is 19.4 Å². The Hall–Kier alpha value is -1.96. The number of amides is 2. The maximum atomic E-state index is 13.8. The Balaban J connectivity index is 1.81. The first-order chi connectivity index (χ1) is 11.5. The number of nitrogens with one attached hydrogen (secondary N) is 2. The topological polar surface area (TPSA) is 84.2 Å². The van der Waals surface area contributed by atoms with Crippen LogP contribution in [0.5, 0.6) is 0 Å². The third kappa shape index (κ3) is 3.43. The van der Waals surface area contributed by atoms with Crippen LogP contribution in [-0.4, -0.2) is 18.4 Å². The summed E-state index contributed by atoms with van der Waals surface area (Å²) < 4.78 is 13.8. The zero-order valence-corrected chi connectivity index (χ0v) is 14.2. The first-order valence-corrected chi connectivity index (χ1v) is 8.54. The molecule has 0 radical (unpaired) electrons. The molecule has 0 saturated carbocycles. The Labute approximate surface area is 147 Å². The van der Waals surface area contributed by atoms with Crippen LogP contribution in [0.15, 0.2) is 18.2 Å². The van der Waals surface area contributed by atoms with E-state index in [2.05, 4.69) is 10.6 Å². The molecule has 0 aliphatic carbocycles. The van der Waals surface area contributed by atoms with Crippen molar-refractivity contribution in [1.82, 2.24) is 5.32 Å². The molecule has 4 N–H and O–H groups in total. The van der Waals surface area contributed by atoms with Crippen LogP contribution in [-0.2, 0) is 24.2 Å². The molecule has 1 aromatic heterocycles. The number of rotatable bonds is 4. The molecule has 1 aliphatic rings. The SMILES string of the molecule is NC(=O)c1c(NC(=O)Cc2ccc(Cl)cc2F)sc2c1CCNC2. The van der Waals surface area contributed by atoms with Crippen LogP contribution in [0.2, 0.25) is 5.02 Å². The van der Waals surface area contributed by atoms with Crippen LogP contribution >= 0.6 is 22.9 Å². The van der Waals surface area contributed by atoms with Gasteiger partial charge in [-0.1, -0.05) is 17.7 Å². The zero-order chi connectivity index (χ0) is 17.3. The van der Waals surface area contributed by atoms with E-state index < -0.39 is 17.6 Å². The van der Waals surface area contributed by atoms with Crippen molar-refractivity contribution in [1.29, 1.82) is 0 Å². The largest absolute Gasteiger partial charge is 0.365 e. The van der Waals surface area contributed by atoms with Crippen molar-refractivity contribution < 1.29 is 14.0 Å². The molecule has 2 amide bonds. The fraction of sp³-hybridized carbons (Fsp3) is 0.250. The molecule has 0 bridgehead atoms. The molecule has 0 unspecified atom stereocenters. The maximum Gasteiger partial charge on any atom is 0.251 e. The summed E-state index contributed by atoms with van der Waals surface area (Å²) in [5.41, 5.74) is 6.96. The molecule has 2 aromatic rings. The highest BCUT2D eigenvalue weighted by molar-refractivity contribution is 7.17. The van der Waals surface area contributed by atoms with Crippen molar-refractivity contribution in [3.05, 3.63) is 50.6 Å². The van der Waals surface area contributed by atoms with Crippen LogP contribution < -0.4 is 16.4 Å². The van der Waals surface area contributed by atoms with Gasteiger partial charge in [0.2, 0.25) is 5.91 Å². The molecular formula is C16H15ClFN3O2S. The maximum absolute atomic E-state index is 13.8. The van der Waals surface area contributed by atoms with E-state index in [0.717, 1.165) is 23.1 Å². The van der Waals surface area contributed by atoms with E-state index >= 15 is 0 Å². The minimum atomic E-state index is -0.567. The number of fused-ring (bicyclic) bond motifs is 1. The van der Waals surface area contributed by atoms with E-state index in [4.69, 9.17) is 17.3 Å². The van der Waals surface area contributed by atoms with Crippen molar-refractivity contribution >= 4 is 39.8 Å². The standard InChI is InChI=1S/C16H15ClFN3O2S/c17-9-2-1-8(11(18)6-9)5-13(22)21-16-14(15(19)23)10-3-4-20-7-12(10)24-16/h1-2,6,20H,3-5,7H2,(H2,19,23)(H,21,22). The van der Waals surface area contributed by atoms with Crippen molar-refractivity contribution in [3.63, 3.8) is 0 Å². The summed E-state index contributed by atoms with van der Waals surface area (Å²) in [4.78, 5) is 25.0. The molecule has 126 valence electrons. The van der Waals surface area contributed by atoms with Crippen LogP contribution in [0.4, 0.5) is 9.39 Å². The lowest BCUT2D eigenvalue weighted by atomic mass is 10.0. The molecule has 0 saturated heterocycles. The predicted octanol–water partition coefficient (Wildman–Crippen LogP) is 2.47. The van der Waals surface area contributed by atoms with Gasteiger partial charge in [0.25, 0.3) is 5.91 Å². The molecule has 1 aromatic carbocycles. The number of hydrogen-bond acceptors (Lipinski definition) is 4. The van der Waals surface area contributed by atoms with E-state index in [1.807, 2.05) is 0 Å². The van der Waals surface area contributed by atoms with Crippen LogP contribution in [0.1, 0.15) is 26.4 Å². The summed E-state index contributed by atoms with van der Waals surface area (Å²) in [5, 5.41) is 6.60. The molecule has 2 heterocycles. The van der Waals surface area contributed by atoms with Crippen molar-refractivity contribution in [3.8, 4) is 0 Å². The second-order valence-electron chi connectivity index (χ2n) is 5.46. The third-order valence-corrected chi connectivity index (χ3v) is 5.18. The number of primary amides is 1. The highest BCUT2D eigenvalue weighted by atomic mass is 35.5. The van der Waals surface area contributed by atoms with E-state index in [1.165, 1.54) is 23.5 Å². The lowest BCUT2D eigenvalue weighted by Gasteiger charge is -2.12. The van der Waals surface area contributed by atoms with Crippen LogP contribution in [0, 0.1) is 5.82 Å². The molecule has 1 aliphatic heterocycles. The van der Waals surface area contributed by atoms with Gasteiger partial charge in [0, 0.05) is 16.4 Å². The number of benzene rings is 1. The number of carbonyl (C=O) groups excluding carboxylic acids is 2. The van der Waals surface area contributed by atoms with Crippen LogP contribution in [0.3, 0.4) is 0 Å². The second kappa shape index (κ2) is 6.88. The molecular weight excluding hydrogens is 353 g/mol. The molecule has 8 heteroatoms. The average molecular weight is 368 g/mol. The molecule has 0 spiro atoms. The lowest BCUT2D eigenvalue weighted by molar-refractivity contribution is -0.115. The summed E-state index contributed by atoms with van der Waals surface area (Å²) in [7, 11) is 0. The number of anilines is 1. The first-order valence-electron chi connectivity index (χ1n) is 7.34. The monoisotopic (exact) mass is 367 g/mol. The lowest BCUT2D eigenvalue weighted by Crippen LogP contribution is -2.25. The quantitative estimate of drug-likeness (QED) is 0.776. The third-order valence-electron chi connectivity index (χ3n) is 3.79. The number of nitrogens with two attached hydrogens (primary N) is 1. The summed E-state index contributed by atoms with van der Waals surface area (Å²) in [5.74, 6) is -1.52. The van der Waals surface area contributed by atoms with E-state index in [1.54, 1.807) is 0 Å². The predicted molar refractivity (Wildman–Crippen MR) is 92.0 cm³/mol. The summed E-state index contributed by atoms with van der Waals surface area (Å²) >= 11 is 7.03. The highest BCUT2D eigenvalue weighted by Gasteiger charge is 2.25. The van der Waals surface area contributed by atoms with Gasteiger partial charge in [0.1, 0.15) is 10.8 Å². The molecule has 3 rings (SSSR count). The number of halogens is 2. The smallest absolute Gasteiger partial charge is 0.251 e. The van der Waals surface area contributed by atoms with Gasteiger partial charge in [-0.15, -0.1) is 11.3 Å². The van der Waals surface area contributed by atoms with E-state index in [0.29, 0.717) is 23.5 Å². The Bertz CT molecular complexity index is 822. The molecule has 0 atom stereocenters. The average Bonchev–Trinajstić information content (AvgIpc) is 2.87. The molecule has 24 heavy (non-hydrogen) atoms. The van der Waals surface area contributed by atoms with Gasteiger partial charge in [0.05, 0.1) is 12.0 Å². The Kier molecular flexibility index (Phi) is 4.84. The highest BCUT2D eigenvalue weighted by Crippen LogP contribution is 2.35. The van der Waals surface area contributed by atoms with E-state index in [9.17, 15) is 14.0 Å². The molecule has 0 fully saturated rings.